The number of aromatic nitrogens is 4. The molecular formula is C49H30N4S. The maximum atomic E-state index is 5.30. The first kappa shape index (κ1) is 30.7. The van der Waals surface area contributed by atoms with E-state index < -0.39 is 0 Å². The Kier molecular flexibility index (Phi) is 7.00. The molecule has 0 fully saturated rings. The molecule has 8 aromatic carbocycles. The van der Waals surface area contributed by atoms with Crippen LogP contribution in [0.2, 0.25) is 0 Å². The van der Waals surface area contributed by atoms with Crippen LogP contribution in [0.1, 0.15) is 0 Å². The Morgan fingerprint density at radius 3 is 1.69 bits per heavy atom. The van der Waals surface area contributed by atoms with Crippen molar-refractivity contribution < 1.29 is 0 Å². The van der Waals surface area contributed by atoms with Gasteiger partial charge in [0.05, 0.1) is 11.0 Å². The topological polar surface area (TPSA) is 43.6 Å². The Bertz CT molecular complexity index is 3200. The van der Waals surface area contributed by atoms with E-state index >= 15 is 0 Å². The molecule has 11 aromatic rings. The average Bonchev–Trinajstić information content (AvgIpc) is 3.78. The third kappa shape index (κ3) is 5.01. The molecule has 54 heavy (non-hydrogen) atoms. The number of hydrogen-bond donors (Lipinski definition) is 0. The summed E-state index contributed by atoms with van der Waals surface area (Å²) in [5.74, 6) is 1.93. The van der Waals surface area contributed by atoms with E-state index in [0.717, 1.165) is 38.8 Å². The SMILES string of the molecule is c1ccc(-c2ccc(-c3nc(-c4ccccc4)nc(-c4cc(-n5c6ccccc6c6cc7ccccc7cc65)cc5sc6ccccc6c45)n3)cc2)cc1. The van der Waals surface area contributed by atoms with Gasteiger partial charge < -0.3 is 4.57 Å². The van der Waals surface area contributed by atoms with Crippen LogP contribution >= 0.6 is 11.3 Å². The number of thiophene rings is 1. The van der Waals surface area contributed by atoms with Crippen molar-refractivity contribution in [2.45, 2.75) is 0 Å². The molecule has 0 radical (unpaired) electrons. The Morgan fingerprint density at radius 1 is 0.370 bits per heavy atom. The van der Waals surface area contributed by atoms with Crippen molar-refractivity contribution in [1.82, 2.24) is 19.5 Å². The zero-order chi connectivity index (χ0) is 35.6. The normalized spacial score (nSPS) is 11.7. The summed E-state index contributed by atoms with van der Waals surface area (Å²) in [6.07, 6.45) is 0. The summed E-state index contributed by atoms with van der Waals surface area (Å²) < 4.78 is 4.83. The average molecular weight is 707 g/mol. The van der Waals surface area contributed by atoms with Gasteiger partial charge in [-0.1, -0.05) is 146 Å². The van der Waals surface area contributed by atoms with Crippen LogP contribution in [-0.4, -0.2) is 19.5 Å². The lowest BCUT2D eigenvalue weighted by Gasteiger charge is -2.14. The number of fused-ring (bicyclic) bond motifs is 7. The van der Waals surface area contributed by atoms with E-state index in [1.54, 1.807) is 0 Å². The molecule has 0 amide bonds. The molecule has 4 nitrogen and oxygen atoms in total. The molecule has 3 aromatic heterocycles. The van der Waals surface area contributed by atoms with Gasteiger partial charge in [0, 0.05) is 53.3 Å². The van der Waals surface area contributed by atoms with Gasteiger partial charge >= 0.3 is 0 Å². The highest BCUT2D eigenvalue weighted by Crippen LogP contribution is 2.43. The van der Waals surface area contributed by atoms with Crippen LogP contribution in [0.3, 0.4) is 0 Å². The van der Waals surface area contributed by atoms with Crippen molar-refractivity contribution >= 4 is 64.1 Å². The number of rotatable bonds is 5. The monoisotopic (exact) mass is 706 g/mol. The van der Waals surface area contributed by atoms with E-state index in [4.69, 9.17) is 15.0 Å². The first-order valence-electron chi connectivity index (χ1n) is 18.1. The van der Waals surface area contributed by atoms with Gasteiger partial charge in [-0.2, -0.15) is 0 Å². The summed E-state index contributed by atoms with van der Waals surface area (Å²) in [6, 6.07) is 64.4. The molecule has 0 aliphatic heterocycles. The molecule has 252 valence electrons. The molecule has 3 heterocycles. The summed E-state index contributed by atoms with van der Waals surface area (Å²) in [4.78, 5) is 15.7. The summed E-state index contributed by atoms with van der Waals surface area (Å²) in [7, 11) is 0. The lowest BCUT2D eigenvalue weighted by Crippen LogP contribution is -2.01. The van der Waals surface area contributed by atoms with Crippen LogP contribution < -0.4 is 0 Å². The minimum absolute atomic E-state index is 0.639. The highest BCUT2D eigenvalue weighted by Gasteiger charge is 2.21. The van der Waals surface area contributed by atoms with Gasteiger partial charge in [-0.05, 0) is 58.3 Å². The maximum Gasteiger partial charge on any atom is 0.164 e. The van der Waals surface area contributed by atoms with Gasteiger partial charge in [0.15, 0.2) is 17.5 Å². The minimum Gasteiger partial charge on any atom is -0.309 e. The van der Waals surface area contributed by atoms with Gasteiger partial charge in [0.2, 0.25) is 0 Å². The van der Waals surface area contributed by atoms with Gasteiger partial charge in [0.25, 0.3) is 0 Å². The van der Waals surface area contributed by atoms with Crippen molar-refractivity contribution in [3.05, 3.63) is 182 Å². The minimum atomic E-state index is 0.639. The van der Waals surface area contributed by atoms with Crippen LogP contribution in [0, 0.1) is 0 Å². The van der Waals surface area contributed by atoms with E-state index in [1.165, 1.54) is 47.4 Å². The van der Waals surface area contributed by atoms with Gasteiger partial charge in [0.1, 0.15) is 0 Å². The molecular weight excluding hydrogens is 677 g/mol. The van der Waals surface area contributed by atoms with Crippen LogP contribution in [0.4, 0.5) is 0 Å². The highest BCUT2D eigenvalue weighted by molar-refractivity contribution is 7.26. The van der Waals surface area contributed by atoms with E-state index in [1.807, 2.05) is 35.6 Å². The second kappa shape index (κ2) is 12.3. The standard InChI is InChI=1S/C49H30N4S/c1-3-13-31(14-4-1)32-23-25-34(26-24-32)48-50-47(33-15-5-2-6-16-33)51-49(52-48)41-29-37(30-45-46(41)39-20-10-12-22-44(39)54-45)53-42-21-11-9-19-38(42)40-27-35-17-7-8-18-36(35)28-43(40)53/h1-30H. The molecule has 0 N–H and O–H groups in total. The largest absolute Gasteiger partial charge is 0.309 e. The first-order chi connectivity index (χ1) is 26.7. The van der Waals surface area contributed by atoms with Crippen LogP contribution in [0.15, 0.2) is 182 Å². The maximum absolute atomic E-state index is 5.30. The van der Waals surface area contributed by atoms with E-state index in [-0.39, 0.29) is 0 Å². The van der Waals surface area contributed by atoms with Gasteiger partial charge in [-0.25, -0.2) is 15.0 Å². The van der Waals surface area contributed by atoms with Gasteiger partial charge in [-0.3, -0.25) is 0 Å². The number of nitrogens with zero attached hydrogens (tertiary/aromatic N) is 4. The fourth-order valence-corrected chi connectivity index (χ4v) is 9.03. The lowest BCUT2D eigenvalue weighted by molar-refractivity contribution is 1.07. The molecule has 0 aliphatic carbocycles. The highest BCUT2D eigenvalue weighted by atomic mass is 32.1. The molecule has 0 bridgehead atoms. The fourth-order valence-electron chi connectivity index (χ4n) is 7.86. The van der Waals surface area contributed by atoms with Crippen LogP contribution in [-0.2, 0) is 0 Å². The zero-order valence-electron chi connectivity index (χ0n) is 29.0. The summed E-state index contributed by atoms with van der Waals surface area (Å²) in [6.45, 7) is 0. The van der Waals surface area contributed by atoms with E-state index in [2.05, 4.69) is 162 Å². The Labute approximate surface area is 315 Å². The molecule has 0 saturated carbocycles. The predicted molar refractivity (Wildman–Crippen MR) is 226 cm³/mol. The Morgan fingerprint density at radius 2 is 0.926 bits per heavy atom. The number of hydrogen-bond acceptors (Lipinski definition) is 4. The molecule has 5 heteroatoms. The van der Waals surface area contributed by atoms with Crippen molar-refractivity contribution in [1.29, 1.82) is 0 Å². The first-order valence-corrected chi connectivity index (χ1v) is 18.9. The molecule has 0 unspecified atom stereocenters. The van der Waals surface area contributed by atoms with E-state index in [0.29, 0.717) is 17.5 Å². The predicted octanol–water partition coefficient (Wildman–Crippen LogP) is 13.2. The third-order valence-corrected chi connectivity index (χ3v) is 11.5. The quantitative estimate of drug-likeness (QED) is 0.179. The summed E-state index contributed by atoms with van der Waals surface area (Å²) in [5, 5.41) is 7.25. The molecule has 11 rings (SSSR count). The van der Waals surface area contributed by atoms with Crippen molar-refractivity contribution in [2.75, 3.05) is 0 Å². The Hall–Kier alpha value is -6.95. The number of para-hydroxylation sites is 1. The van der Waals surface area contributed by atoms with Crippen LogP contribution in [0.25, 0.3) is 104 Å². The summed E-state index contributed by atoms with van der Waals surface area (Å²) in [5.41, 5.74) is 8.58. The van der Waals surface area contributed by atoms with Gasteiger partial charge in [-0.15, -0.1) is 11.3 Å². The van der Waals surface area contributed by atoms with Crippen molar-refractivity contribution in [3.63, 3.8) is 0 Å². The smallest absolute Gasteiger partial charge is 0.164 e. The molecule has 0 aliphatic rings. The summed E-state index contributed by atoms with van der Waals surface area (Å²) >= 11 is 1.81. The van der Waals surface area contributed by atoms with Crippen LogP contribution in [0.5, 0.6) is 0 Å². The Balaban J connectivity index is 1.19. The third-order valence-electron chi connectivity index (χ3n) is 10.4. The second-order valence-electron chi connectivity index (χ2n) is 13.6. The fraction of sp³-hybridized carbons (Fsp3) is 0. The van der Waals surface area contributed by atoms with E-state index in [9.17, 15) is 0 Å². The number of benzene rings is 8. The van der Waals surface area contributed by atoms with Crippen molar-refractivity contribution in [3.8, 4) is 51.0 Å². The zero-order valence-corrected chi connectivity index (χ0v) is 29.8. The van der Waals surface area contributed by atoms with Crippen molar-refractivity contribution in [2.24, 2.45) is 0 Å². The molecule has 0 atom stereocenters. The second-order valence-corrected chi connectivity index (χ2v) is 14.7. The molecule has 0 saturated heterocycles. The lowest BCUT2D eigenvalue weighted by atomic mass is 10.0. The molecule has 0 spiro atoms.